The van der Waals surface area contributed by atoms with E-state index in [9.17, 15) is 5.11 Å². The van der Waals surface area contributed by atoms with Gasteiger partial charge in [-0.25, -0.2) is 0 Å². The average molecular weight is 254 g/mol. The summed E-state index contributed by atoms with van der Waals surface area (Å²) in [4.78, 5) is 0. The number of hydrogen-bond donors (Lipinski definition) is 1. The van der Waals surface area contributed by atoms with Crippen LogP contribution in [0.15, 0.2) is 12.1 Å². The summed E-state index contributed by atoms with van der Waals surface area (Å²) in [6, 6.07) is 4.11. The molecule has 0 amide bonds. The van der Waals surface area contributed by atoms with Crippen molar-refractivity contribution in [1.29, 1.82) is 0 Å². The Labute approximate surface area is 108 Å². The summed E-state index contributed by atoms with van der Waals surface area (Å²) in [6.07, 6.45) is 1.61. The molecule has 0 saturated carbocycles. The molecule has 1 N–H and O–H groups in total. The van der Waals surface area contributed by atoms with E-state index in [0.717, 1.165) is 28.2 Å². The van der Waals surface area contributed by atoms with Crippen LogP contribution in [-0.4, -0.2) is 24.2 Å². The van der Waals surface area contributed by atoms with Gasteiger partial charge in [-0.2, -0.15) is 11.8 Å². The normalized spacial score (nSPS) is 12.9. The van der Waals surface area contributed by atoms with Crippen LogP contribution in [0.4, 0.5) is 0 Å². The zero-order chi connectivity index (χ0) is 13.0. The lowest BCUT2D eigenvalue weighted by molar-refractivity contribution is 0.203. The molecule has 0 aliphatic carbocycles. The van der Waals surface area contributed by atoms with Crippen LogP contribution < -0.4 is 4.74 Å². The summed E-state index contributed by atoms with van der Waals surface area (Å²) in [5.41, 5.74) is 3.27. The molecule has 17 heavy (non-hydrogen) atoms. The fourth-order valence-corrected chi connectivity index (χ4v) is 2.45. The van der Waals surface area contributed by atoms with Gasteiger partial charge in [0.05, 0.1) is 13.2 Å². The van der Waals surface area contributed by atoms with Gasteiger partial charge in [0.15, 0.2) is 0 Å². The molecular formula is C14H22O2S. The second-order valence-corrected chi connectivity index (χ2v) is 5.49. The van der Waals surface area contributed by atoms with Gasteiger partial charge in [0.2, 0.25) is 0 Å². The van der Waals surface area contributed by atoms with E-state index >= 15 is 0 Å². The number of ether oxygens (including phenoxy) is 1. The lowest BCUT2D eigenvalue weighted by atomic mass is 9.94. The topological polar surface area (TPSA) is 29.5 Å². The predicted octanol–water partition coefficient (Wildman–Crippen LogP) is 3.52. The number of aliphatic hydroxyl groups is 1. The smallest absolute Gasteiger partial charge is 0.122 e. The standard InChI is InChI=1S/C14H22O2S/c1-9(2)11-7-12(13(15)8-17-5)10(3)6-14(11)16-4/h6-7,9,13,15H,8H2,1-5H3. The quantitative estimate of drug-likeness (QED) is 0.871. The molecule has 96 valence electrons. The average Bonchev–Trinajstić information content (AvgIpc) is 2.28. The lowest BCUT2D eigenvalue weighted by Crippen LogP contribution is -2.05. The molecule has 0 bridgehead atoms. The third-order valence-corrected chi connectivity index (χ3v) is 3.57. The van der Waals surface area contributed by atoms with Crippen LogP contribution in [0.2, 0.25) is 0 Å². The second-order valence-electron chi connectivity index (χ2n) is 4.58. The minimum Gasteiger partial charge on any atom is -0.496 e. The number of aliphatic hydroxyl groups excluding tert-OH is 1. The van der Waals surface area contributed by atoms with E-state index in [2.05, 4.69) is 19.9 Å². The molecule has 1 aromatic rings. The molecule has 2 nitrogen and oxygen atoms in total. The molecule has 1 aromatic carbocycles. The molecule has 1 unspecified atom stereocenters. The van der Waals surface area contributed by atoms with Crippen molar-refractivity contribution in [3.63, 3.8) is 0 Å². The molecule has 1 rings (SSSR count). The zero-order valence-corrected chi connectivity index (χ0v) is 12.1. The largest absolute Gasteiger partial charge is 0.496 e. The second kappa shape index (κ2) is 6.31. The monoisotopic (exact) mass is 254 g/mol. The minimum absolute atomic E-state index is 0.394. The molecule has 0 aliphatic heterocycles. The van der Waals surface area contributed by atoms with Crippen molar-refractivity contribution in [2.24, 2.45) is 0 Å². The maximum atomic E-state index is 10.1. The summed E-state index contributed by atoms with van der Waals surface area (Å²) in [7, 11) is 1.69. The van der Waals surface area contributed by atoms with Crippen molar-refractivity contribution >= 4 is 11.8 Å². The van der Waals surface area contributed by atoms with Gasteiger partial charge in [0.25, 0.3) is 0 Å². The Morgan fingerprint density at radius 3 is 2.41 bits per heavy atom. The maximum Gasteiger partial charge on any atom is 0.122 e. The van der Waals surface area contributed by atoms with E-state index in [0.29, 0.717) is 5.92 Å². The number of benzene rings is 1. The fourth-order valence-electron chi connectivity index (χ4n) is 1.95. The number of hydrogen-bond acceptors (Lipinski definition) is 3. The molecule has 1 atom stereocenters. The molecule has 0 radical (unpaired) electrons. The Balaban J connectivity index is 3.19. The molecule has 0 aromatic heterocycles. The van der Waals surface area contributed by atoms with Crippen molar-refractivity contribution < 1.29 is 9.84 Å². The Kier molecular flexibility index (Phi) is 5.34. The SMILES string of the molecule is COc1cc(C)c(C(O)CSC)cc1C(C)C. The Hall–Kier alpha value is -0.670. The zero-order valence-electron chi connectivity index (χ0n) is 11.3. The highest BCUT2D eigenvalue weighted by Crippen LogP contribution is 2.32. The summed E-state index contributed by atoms with van der Waals surface area (Å²) in [6.45, 7) is 6.29. The van der Waals surface area contributed by atoms with E-state index < -0.39 is 6.10 Å². The molecule has 0 heterocycles. The fraction of sp³-hybridized carbons (Fsp3) is 0.571. The van der Waals surface area contributed by atoms with Crippen LogP contribution in [0.3, 0.4) is 0 Å². The highest BCUT2D eigenvalue weighted by molar-refractivity contribution is 7.98. The van der Waals surface area contributed by atoms with Gasteiger partial charge < -0.3 is 9.84 Å². The van der Waals surface area contributed by atoms with Crippen LogP contribution >= 0.6 is 11.8 Å². The van der Waals surface area contributed by atoms with E-state index in [-0.39, 0.29) is 0 Å². The van der Waals surface area contributed by atoms with Gasteiger partial charge in [-0.1, -0.05) is 13.8 Å². The highest BCUT2D eigenvalue weighted by atomic mass is 32.2. The van der Waals surface area contributed by atoms with Crippen molar-refractivity contribution in [3.8, 4) is 5.75 Å². The van der Waals surface area contributed by atoms with Gasteiger partial charge in [0, 0.05) is 5.75 Å². The summed E-state index contributed by atoms with van der Waals surface area (Å²) < 4.78 is 5.40. The van der Waals surface area contributed by atoms with Crippen LogP contribution in [0, 0.1) is 6.92 Å². The Morgan fingerprint density at radius 1 is 1.29 bits per heavy atom. The first-order valence-electron chi connectivity index (χ1n) is 5.86. The molecular weight excluding hydrogens is 232 g/mol. The van der Waals surface area contributed by atoms with Gasteiger partial charge in [-0.3, -0.25) is 0 Å². The van der Waals surface area contributed by atoms with Crippen LogP contribution in [0.25, 0.3) is 0 Å². The number of rotatable bonds is 5. The van der Waals surface area contributed by atoms with E-state index in [1.54, 1.807) is 18.9 Å². The van der Waals surface area contributed by atoms with E-state index in [1.165, 1.54) is 0 Å². The third-order valence-electron chi connectivity index (χ3n) is 2.92. The lowest BCUT2D eigenvalue weighted by Gasteiger charge is -2.19. The van der Waals surface area contributed by atoms with Crippen LogP contribution in [0.1, 0.15) is 42.6 Å². The van der Waals surface area contributed by atoms with Gasteiger partial charge in [-0.15, -0.1) is 0 Å². The summed E-state index contributed by atoms with van der Waals surface area (Å²) in [5, 5.41) is 10.1. The first-order valence-corrected chi connectivity index (χ1v) is 7.26. The number of methoxy groups -OCH3 is 1. The first-order chi connectivity index (χ1) is 8.01. The minimum atomic E-state index is -0.395. The summed E-state index contributed by atoms with van der Waals surface area (Å²) in [5.74, 6) is 2.04. The highest BCUT2D eigenvalue weighted by Gasteiger charge is 2.15. The first kappa shape index (κ1) is 14.4. The van der Waals surface area contributed by atoms with E-state index in [1.807, 2.05) is 19.2 Å². The molecule has 0 aliphatic rings. The van der Waals surface area contributed by atoms with Crippen molar-refractivity contribution in [1.82, 2.24) is 0 Å². The van der Waals surface area contributed by atoms with Gasteiger partial charge in [0.1, 0.15) is 5.75 Å². The third kappa shape index (κ3) is 3.39. The van der Waals surface area contributed by atoms with Crippen LogP contribution in [-0.2, 0) is 0 Å². The van der Waals surface area contributed by atoms with Crippen molar-refractivity contribution in [3.05, 3.63) is 28.8 Å². The molecule has 0 fully saturated rings. The number of aryl methyl sites for hydroxylation is 1. The van der Waals surface area contributed by atoms with Crippen molar-refractivity contribution in [2.45, 2.75) is 32.8 Å². The number of thioether (sulfide) groups is 1. The van der Waals surface area contributed by atoms with E-state index in [4.69, 9.17) is 4.74 Å². The molecule has 3 heteroatoms. The Bertz CT molecular complexity index is 375. The predicted molar refractivity (Wildman–Crippen MR) is 75.2 cm³/mol. The maximum absolute atomic E-state index is 10.1. The Morgan fingerprint density at radius 2 is 1.94 bits per heavy atom. The molecule has 0 spiro atoms. The van der Waals surface area contributed by atoms with Gasteiger partial charge >= 0.3 is 0 Å². The summed E-state index contributed by atoms with van der Waals surface area (Å²) >= 11 is 1.66. The van der Waals surface area contributed by atoms with Gasteiger partial charge in [-0.05, 0) is 47.9 Å². The molecule has 0 saturated heterocycles. The van der Waals surface area contributed by atoms with Crippen molar-refractivity contribution in [2.75, 3.05) is 19.1 Å². The van der Waals surface area contributed by atoms with Crippen LogP contribution in [0.5, 0.6) is 5.75 Å².